The van der Waals surface area contributed by atoms with Crippen LogP contribution >= 0.6 is 11.3 Å². The largest absolute Gasteiger partial charge is 0.331 e. The maximum Gasteiger partial charge on any atom is 0.251 e. The number of imidazole rings is 1. The molecular weight excluding hydrogens is 433 g/mol. The SMILES string of the molecule is Cc1nccn1Cc1ccc(-c2cc(CC(C)C)sc2S(=O)(=O)NC(C)(C)C)cc1F. The molecule has 0 radical (unpaired) electrons. The Labute approximate surface area is 188 Å². The first-order chi connectivity index (χ1) is 14.4. The van der Waals surface area contributed by atoms with Crippen LogP contribution in [0.3, 0.4) is 0 Å². The van der Waals surface area contributed by atoms with Crippen LogP contribution in [0.15, 0.2) is 40.9 Å². The smallest absolute Gasteiger partial charge is 0.251 e. The van der Waals surface area contributed by atoms with Gasteiger partial charge < -0.3 is 4.57 Å². The lowest BCUT2D eigenvalue weighted by molar-refractivity contribution is 0.492. The van der Waals surface area contributed by atoms with Gasteiger partial charge in [-0.05, 0) is 57.7 Å². The predicted molar refractivity (Wildman–Crippen MR) is 124 cm³/mol. The van der Waals surface area contributed by atoms with Crippen molar-refractivity contribution in [2.24, 2.45) is 5.92 Å². The number of hydrogen-bond donors (Lipinski definition) is 1. The van der Waals surface area contributed by atoms with Crippen molar-refractivity contribution in [3.8, 4) is 11.1 Å². The summed E-state index contributed by atoms with van der Waals surface area (Å²) < 4.78 is 46.1. The number of hydrogen-bond acceptors (Lipinski definition) is 4. The van der Waals surface area contributed by atoms with E-state index in [-0.39, 0.29) is 10.0 Å². The third-order valence-corrected chi connectivity index (χ3v) is 8.12. The van der Waals surface area contributed by atoms with E-state index in [4.69, 9.17) is 0 Å². The van der Waals surface area contributed by atoms with Crippen LogP contribution in [0.1, 0.15) is 50.9 Å². The topological polar surface area (TPSA) is 64.0 Å². The molecule has 0 saturated carbocycles. The number of rotatable bonds is 7. The van der Waals surface area contributed by atoms with Gasteiger partial charge in [0.25, 0.3) is 10.0 Å². The number of sulfonamides is 1. The molecule has 2 aromatic heterocycles. The van der Waals surface area contributed by atoms with Gasteiger partial charge in [0.15, 0.2) is 0 Å². The van der Waals surface area contributed by atoms with Crippen molar-refractivity contribution in [2.75, 3.05) is 0 Å². The summed E-state index contributed by atoms with van der Waals surface area (Å²) in [6.45, 7) is 11.8. The highest BCUT2D eigenvalue weighted by Crippen LogP contribution is 2.37. The Hall–Kier alpha value is -2.03. The van der Waals surface area contributed by atoms with Crippen molar-refractivity contribution < 1.29 is 12.8 Å². The van der Waals surface area contributed by atoms with Gasteiger partial charge in [0, 0.05) is 33.9 Å². The molecule has 0 bridgehead atoms. The average molecular weight is 464 g/mol. The Morgan fingerprint density at radius 2 is 1.94 bits per heavy atom. The van der Waals surface area contributed by atoms with Gasteiger partial charge in [-0.3, -0.25) is 0 Å². The Balaban J connectivity index is 2.03. The third-order valence-electron chi connectivity index (χ3n) is 4.67. The molecule has 2 heterocycles. The molecule has 8 heteroatoms. The van der Waals surface area contributed by atoms with E-state index >= 15 is 0 Å². The first kappa shape index (κ1) is 23.6. The second-order valence-corrected chi connectivity index (χ2v) is 12.3. The molecule has 0 amide bonds. The summed E-state index contributed by atoms with van der Waals surface area (Å²) >= 11 is 1.26. The fourth-order valence-electron chi connectivity index (χ4n) is 3.37. The van der Waals surface area contributed by atoms with Gasteiger partial charge in [-0.25, -0.2) is 22.5 Å². The lowest BCUT2D eigenvalue weighted by Crippen LogP contribution is -2.40. The number of nitrogens with zero attached hydrogens (tertiary/aromatic N) is 2. The highest BCUT2D eigenvalue weighted by molar-refractivity contribution is 7.91. The fraction of sp³-hybridized carbons (Fsp3) is 0.435. The summed E-state index contributed by atoms with van der Waals surface area (Å²) in [5.41, 5.74) is 1.02. The molecule has 31 heavy (non-hydrogen) atoms. The molecule has 0 aliphatic heterocycles. The van der Waals surface area contributed by atoms with E-state index in [1.807, 2.05) is 23.8 Å². The second kappa shape index (κ2) is 8.84. The molecule has 0 aliphatic carbocycles. The number of aromatic nitrogens is 2. The molecule has 0 saturated heterocycles. The van der Waals surface area contributed by atoms with Crippen molar-refractivity contribution in [3.05, 3.63) is 58.7 Å². The van der Waals surface area contributed by atoms with Crippen LogP contribution in [0.2, 0.25) is 0 Å². The normalized spacial score (nSPS) is 12.6. The van der Waals surface area contributed by atoms with Gasteiger partial charge in [-0.1, -0.05) is 26.0 Å². The molecule has 0 atom stereocenters. The molecular formula is C23H30FN3O2S2. The van der Waals surface area contributed by atoms with Crippen LogP contribution in [0.5, 0.6) is 0 Å². The predicted octanol–water partition coefficient (Wildman–Crippen LogP) is 5.38. The van der Waals surface area contributed by atoms with E-state index in [1.54, 1.807) is 39.1 Å². The lowest BCUT2D eigenvalue weighted by Gasteiger charge is -2.20. The van der Waals surface area contributed by atoms with E-state index < -0.39 is 15.6 Å². The van der Waals surface area contributed by atoms with Gasteiger partial charge in [0.1, 0.15) is 15.9 Å². The van der Waals surface area contributed by atoms with Crippen molar-refractivity contribution >= 4 is 21.4 Å². The Bertz CT molecular complexity index is 1170. The quantitative estimate of drug-likeness (QED) is 0.511. The summed E-state index contributed by atoms with van der Waals surface area (Å²) in [4.78, 5) is 5.14. The standard InChI is InChI=1S/C23H30FN3O2S2/c1-15(2)11-19-13-20(22(30-19)31(28,29)26-23(4,5)6)17-7-8-18(21(24)12-17)14-27-10-9-25-16(27)3/h7-10,12-13,15,26H,11,14H2,1-6H3. The first-order valence-electron chi connectivity index (χ1n) is 10.3. The zero-order valence-electron chi connectivity index (χ0n) is 18.9. The molecule has 0 spiro atoms. The van der Waals surface area contributed by atoms with Crippen LogP contribution in [0.4, 0.5) is 4.39 Å². The highest BCUT2D eigenvalue weighted by atomic mass is 32.2. The number of nitrogens with one attached hydrogen (secondary N) is 1. The van der Waals surface area contributed by atoms with Crippen molar-refractivity contribution in [2.45, 2.75) is 64.3 Å². The van der Waals surface area contributed by atoms with Crippen molar-refractivity contribution in [3.63, 3.8) is 0 Å². The van der Waals surface area contributed by atoms with Crippen molar-refractivity contribution in [1.82, 2.24) is 14.3 Å². The van der Waals surface area contributed by atoms with Gasteiger partial charge in [-0.15, -0.1) is 11.3 Å². The second-order valence-electron chi connectivity index (χ2n) is 9.28. The van der Waals surface area contributed by atoms with E-state index in [1.165, 1.54) is 17.4 Å². The minimum absolute atomic E-state index is 0.232. The number of thiophene rings is 1. The molecule has 3 aromatic rings. The average Bonchev–Trinajstić information content (AvgIpc) is 3.21. The highest BCUT2D eigenvalue weighted by Gasteiger charge is 2.28. The molecule has 5 nitrogen and oxygen atoms in total. The zero-order chi connectivity index (χ0) is 23.0. The Morgan fingerprint density at radius 1 is 1.23 bits per heavy atom. The first-order valence-corrected chi connectivity index (χ1v) is 12.6. The summed E-state index contributed by atoms with van der Waals surface area (Å²) in [6.07, 6.45) is 4.26. The van der Waals surface area contributed by atoms with E-state index in [2.05, 4.69) is 23.6 Å². The number of benzene rings is 1. The molecule has 1 aromatic carbocycles. The maximum absolute atomic E-state index is 15.0. The number of halogens is 1. The van der Waals surface area contributed by atoms with E-state index in [0.29, 0.717) is 29.2 Å². The zero-order valence-corrected chi connectivity index (χ0v) is 20.5. The van der Waals surface area contributed by atoms with Crippen molar-refractivity contribution in [1.29, 1.82) is 0 Å². The Kier molecular flexibility index (Phi) is 6.74. The number of aryl methyl sites for hydroxylation is 1. The molecule has 0 aliphatic rings. The fourth-order valence-corrected chi connectivity index (χ4v) is 6.74. The molecule has 3 rings (SSSR count). The molecule has 168 valence electrons. The minimum Gasteiger partial charge on any atom is -0.331 e. The van der Waals surface area contributed by atoms with Gasteiger partial charge >= 0.3 is 0 Å². The summed E-state index contributed by atoms with van der Waals surface area (Å²) in [5, 5.41) is 0. The molecule has 0 fully saturated rings. The van der Waals surface area contributed by atoms with Crippen LogP contribution in [-0.2, 0) is 23.0 Å². The third kappa shape index (κ3) is 5.81. The summed E-state index contributed by atoms with van der Waals surface area (Å²) in [6, 6.07) is 6.83. The maximum atomic E-state index is 15.0. The summed E-state index contributed by atoms with van der Waals surface area (Å²) in [7, 11) is -3.75. The van der Waals surface area contributed by atoms with Crippen LogP contribution < -0.4 is 4.72 Å². The van der Waals surface area contributed by atoms with E-state index in [0.717, 1.165) is 17.1 Å². The molecule has 0 unspecified atom stereocenters. The molecule has 1 N–H and O–H groups in total. The van der Waals surface area contributed by atoms with E-state index in [9.17, 15) is 12.8 Å². The monoisotopic (exact) mass is 463 g/mol. The van der Waals surface area contributed by atoms with Crippen LogP contribution in [0.25, 0.3) is 11.1 Å². The van der Waals surface area contributed by atoms with Gasteiger partial charge in [0.05, 0.1) is 6.54 Å². The van der Waals surface area contributed by atoms with Gasteiger partial charge in [0.2, 0.25) is 0 Å². The minimum atomic E-state index is -3.75. The Morgan fingerprint density at radius 3 is 2.48 bits per heavy atom. The van der Waals surface area contributed by atoms with Crippen LogP contribution in [-0.4, -0.2) is 23.5 Å². The van der Waals surface area contributed by atoms with Crippen LogP contribution in [0, 0.1) is 18.7 Å². The lowest BCUT2D eigenvalue weighted by atomic mass is 10.0. The van der Waals surface area contributed by atoms with Gasteiger partial charge in [-0.2, -0.15) is 0 Å². The summed E-state index contributed by atoms with van der Waals surface area (Å²) in [5.74, 6) is 0.825.